The molecule has 2 N–H and O–H groups in total. The molecule has 4 heteroatoms. The third kappa shape index (κ3) is 7.81. The van der Waals surface area contributed by atoms with E-state index in [0.717, 1.165) is 26.1 Å². The van der Waals surface area contributed by atoms with Gasteiger partial charge in [-0.3, -0.25) is 9.78 Å². The van der Waals surface area contributed by atoms with Crippen LogP contribution < -0.4 is 5.73 Å². The van der Waals surface area contributed by atoms with Crippen LogP contribution in [0.2, 0.25) is 0 Å². The Labute approximate surface area is 128 Å². The second-order valence-electron chi connectivity index (χ2n) is 5.44. The van der Waals surface area contributed by atoms with E-state index in [0.29, 0.717) is 12.3 Å². The van der Waals surface area contributed by atoms with Crippen LogP contribution in [-0.2, 0) is 11.2 Å². The van der Waals surface area contributed by atoms with E-state index in [1.165, 1.54) is 37.7 Å². The van der Waals surface area contributed by atoms with Crippen molar-refractivity contribution in [1.29, 1.82) is 0 Å². The molecule has 1 fully saturated rings. The molecule has 21 heavy (non-hydrogen) atoms. The van der Waals surface area contributed by atoms with Gasteiger partial charge in [-0.25, -0.2) is 0 Å². The highest BCUT2D eigenvalue weighted by Gasteiger charge is 2.16. The Hall–Kier alpha value is -1.42. The number of carbonyl (C=O) groups is 1. The summed E-state index contributed by atoms with van der Waals surface area (Å²) in [5.74, 6) is 0.296. The molecular formula is C17H29N3O. The van der Waals surface area contributed by atoms with Crippen LogP contribution in [0.1, 0.15) is 51.0 Å². The predicted molar refractivity (Wildman–Crippen MR) is 87.0 cm³/mol. The summed E-state index contributed by atoms with van der Waals surface area (Å²) < 4.78 is 0. The van der Waals surface area contributed by atoms with E-state index in [1.54, 1.807) is 12.4 Å². The molecule has 0 spiro atoms. The minimum atomic E-state index is 0.296. The maximum atomic E-state index is 11.7. The number of likely N-dealkylation sites (tertiary alicyclic amines) is 1. The number of aryl methyl sites for hydroxylation is 1. The molecule has 0 bridgehead atoms. The average Bonchev–Trinajstić information content (AvgIpc) is 3.07. The number of aromatic nitrogens is 1. The summed E-state index contributed by atoms with van der Waals surface area (Å²) in [6.45, 7) is 4.94. The van der Waals surface area contributed by atoms with E-state index in [1.807, 2.05) is 17.0 Å². The first kappa shape index (κ1) is 17.6. The largest absolute Gasteiger partial charge is 0.343 e. The maximum Gasteiger partial charge on any atom is 0.222 e. The van der Waals surface area contributed by atoms with E-state index in [4.69, 9.17) is 5.73 Å². The molecule has 0 aromatic carbocycles. The number of rotatable bonds is 6. The highest BCUT2D eigenvalue weighted by Crippen LogP contribution is 2.10. The monoisotopic (exact) mass is 291 g/mol. The van der Waals surface area contributed by atoms with Crippen molar-refractivity contribution in [2.75, 3.05) is 19.6 Å². The number of unbranched alkanes of at least 4 members (excludes halogenated alkanes) is 2. The van der Waals surface area contributed by atoms with Crippen molar-refractivity contribution in [3.05, 3.63) is 30.1 Å². The quantitative estimate of drug-likeness (QED) is 0.820. The number of hydrogen-bond donors (Lipinski definition) is 1. The van der Waals surface area contributed by atoms with Gasteiger partial charge in [-0.2, -0.15) is 0 Å². The molecule has 118 valence electrons. The van der Waals surface area contributed by atoms with Crippen molar-refractivity contribution in [1.82, 2.24) is 9.88 Å². The third-order valence-electron chi connectivity index (χ3n) is 3.64. The summed E-state index contributed by atoms with van der Waals surface area (Å²) in [5, 5.41) is 0. The molecule has 0 unspecified atom stereocenters. The average molecular weight is 291 g/mol. The van der Waals surface area contributed by atoms with Gasteiger partial charge in [0.15, 0.2) is 0 Å². The summed E-state index contributed by atoms with van der Waals surface area (Å²) in [6.07, 6.45) is 11.1. The fourth-order valence-corrected chi connectivity index (χ4v) is 2.32. The number of hydrogen-bond acceptors (Lipinski definition) is 3. The summed E-state index contributed by atoms with van der Waals surface area (Å²) in [5.41, 5.74) is 6.41. The topological polar surface area (TPSA) is 59.2 Å². The smallest absolute Gasteiger partial charge is 0.222 e. The van der Waals surface area contributed by atoms with Crippen molar-refractivity contribution in [2.24, 2.45) is 5.73 Å². The number of pyridine rings is 1. The molecule has 1 amide bonds. The fourth-order valence-electron chi connectivity index (χ4n) is 2.32. The molecule has 0 radical (unpaired) electrons. The minimum Gasteiger partial charge on any atom is -0.343 e. The first-order valence-corrected chi connectivity index (χ1v) is 8.14. The lowest BCUT2D eigenvalue weighted by molar-refractivity contribution is -0.130. The highest BCUT2D eigenvalue weighted by molar-refractivity contribution is 5.76. The molecule has 1 aromatic heterocycles. The first-order valence-electron chi connectivity index (χ1n) is 8.14. The van der Waals surface area contributed by atoms with Gasteiger partial charge in [0.25, 0.3) is 0 Å². The molecule has 0 aliphatic carbocycles. The summed E-state index contributed by atoms with van der Waals surface area (Å²) >= 11 is 0. The van der Waals surface area contributed by atoms with Gasteiger partial charge < -0.3 is 10.6 Å². The van der Waals surface area contributed by atoms with Crippen LogP contribution in [0.15, 0.2) is 24.5 Å². The Morgan fingerprint density at radius 2 is 1.90 bits per heavy atom. The number of nitrogens with zero attached hydrogens (tertiary/aromatic N) is 2. The molecule has 1 aliphatic heterocycles. The maximum absolute atomic E-state index is 11.7. The highest BCUT2D eigenvalue weighted by atomic mass is 16.2. The second kappa shape index (κ2) is 11.3. The van der Waals surface area contributed by atoms with Gasteiger partial charge in [0.2, 0.25) is 5.91 Å². The second-order valence-corrected chi connectivity index (χ2v) is 5.44. The lowest BCUT2D eigenvalue weighted by Crippen LogP contribution is -2.27. The van der Waals surface area contributed by atoms with Crippen LogP contribution in [0.25, 0.3) is 0 Å². The molecular weight excluding hydrogens is 262 g/mol. The number of amides is 1. The van der Waals surface area contributed by atoms with E-state index < -0.39 is 0 Å². The van der Waals surface area contributed by atoms with Crippen LogP contribution >= 0.6 is 0 Å². The van der Waals surface area contributed by atoms with Crippen molar-refractivity contribution >= 4 is 5.91 Å². The predicted octanol–water partition coefficient (Wildman–Crippen LogP) is 2.77. The zero-order valence-corrected chi connectivity index (χ0v) is 13.3. The van der Waals surface area contributed by atoms with Gasteiger partial charge in [0, 0.05) is 31.9 Å². The molecule has 0 saturated carbocycles. The lowest BCUT2D eigenvalue weighted by Gasteiger charge is -2.14. The van der Waals surface area contributed by atoms with Gasteiger partial charge >= 0.3 is 0 Å². The number of nitrogens with two attached hydrogens (primary N) is 1. The lowest BCUT2D eigenvalue weighted by atomic mass is 10.1. The summed E-state index contributed by atoms with van der Waals surface area (Å²) in [4.78, 5) is 17.7. The molecule has 1 aliphatic rings. The van der Waals surface area contributed by atoms with Crippen molar-refractivity contribution in [3.8, 4) is 0 Å². The Bertz CT molecular complexity index is 371. The van der Waals surface area contributed by atoms with Crippen LogP contribution in [0.4, 0.5) is 0 Å². The first-order chi connectivity index (χ1) is 10.3. The van der Waals surface area contributed by atoms with E-state index in [2.05, 4.69) is 11.9 Å². The Morgan fingerprint density at radius 1 is 1.24 bits per heavy atom. The van der Waals surface area contributed by atoms with Gasteiger partial charge in [0.05, 0.1) is 0 Å². The van der Waals surface area contributed by atoms with Crippen LogP contribution in [0.3, 0.4) is 0 Å². The molecule has 4 nitrogen and oxygen atoms in total. The van der Waals surface area contributed by atoms with Gasteiger partial charge in [-0.15, -0.1) is 0 Å². The van der Waals surface area contributed by atoms with E-state index in [-0.39, 0.29) is 0 Å². The van der Waals surface area contributed by atoms with Gasteiger partial charge in [0.1, 0.15) is 0 Å². The Kier molecular flexibility index (Phi) is 9.46. The van der Waals surface area contributed by atoms with Crippen LogP contribution in [0, 0.1) is 0 Å². The minimum absolute atomic E-state index is 0.296. The van der Waals surface area contributed by atoms with E-state index in [9.17, 15) is 4.79 Å². The zero-order chi connectivity index (χ0) is 15.3. The molecule has 1 saturated heterocycles. The number of carbonyl (C=O) groups excluding carboxylic acids is 1. The zero-order valence-electron chi connectivity index (χ0n) is 13.3. The molecule has 2 rings (SSSR count). The van der Waals surface area contributed by atoms with Crippen molar-refractivity contribution in [3.63, 3.8) is 0 Å². The van der Waals surface area contributed by atoms with Gasteiger partial charge in [-0.1, -0.05) is 19.8 Å². The standard InChI is InChI=1S/C12H16N2O.C5H13N/c15-12(14-9-1-2-10-14)4-3-11-5-7-13-8-6-11;1-2-3-4-5-6/h5-8H,1-4,9-10H2;2-6H2,1H3. The fraction of sp³-hybridized carbons (Fsp3) is 0.647. The van der Waals surface area contributed by atoms with Crippen LogP contribution in [-0.4, -0.2) is 35.4 Å². The molecule has 0 atom stereocenters. The normalized spacial score (nSPS) is 13.7. The summed E-state index contributed by atoms with van der Waals surface area (Å²) in [6, 6.07) is 3.94. The molecule has 1 aromatic rings. The Morgan fingerprint density at radius 3 is 2.43 bits per heavy atom. The third-order valence-corrected chi connectivity index (χ3v) is 3.64. The van der Waals surface area contributed by atoms with Crippen molar-refractivity contribution < 1.29 is 4.79 Å². The van der Waals surface area contributed by atoms with Crippen LogP contribution in [0.5, 0.6) is 0 Å². The van der Waals surface area contributed by atoms with Gasteiger partial charge in [-0.05, 0) is 49.9 Å². The SMILES string of the molecule is CCCCCN.O=C(CCc1ccncc1)N1CCCC1. The van der Waals surface area contributed by atoms with Crippen molar-refractivity contribution in [2.45, 2.75) is 51.9 Å². The van der Waals surface area contributed by atoms with E-state index >= 15 is 0 Å². The summed E-state index contributed by atoms with van der Waals surface area (Å²) in [7, 11) is 0. The Balaban J connectivity index is 0.000000315. The molecule has 2 heterocycles.